The van der Waals surface area contributed by atoms with Gasteiger partial charge < -0.3 is 14.8 Å². The van der Waals surface area contributed by atoms with E-state index in [2.05, 4.69) is 27.3 Å². The van der Waals surface area contributed by atoms with Crippen LogP contribution in [0.15, 0.2) is 16.6 Å². The van der Waals surface area contributed by atoms with E-state index < -0.39 is 0 Å². The molecule has 1 fully saturated rings. The highest BCUT2D eigenvalue weighted by atomic mass is 79.9. The third kappa shape index (κ3) is 4.13. The van der Waals surface area contributed by atoms with Crippen LogP contribution in [-0.4, -0.2) is 20.8 Å². The summed E-state index contributed by atoms with van der Waals surface area (Å²) in [5.74, 6) is 2.38. The molecule has 1 saturated carbocycles. The van der Waals surface area contributed by atoms with Crippen LogP contribution in [0.4, 0.5) is 0 Å². The van der Waals surface area contributed by atoms with Crippen LogP contribution in [0.3, 0.4) is 0 Å². The Morgan fingerprint density at radius 1 is 1.15 bits per heavy atom. The first kappa shape index (κ1) is 15.6. The summed E-state index contributed by atoms with van der Waals surface area (Å²) in [7, 11) is 3.33. The van der Waals surface area contributed by atoms with Crippen molar-refractivity contribution < 1.29 is 9.47 Å². The van der Waals surface area contributed by atoms with Crippen LogP contribution in [0.1, 0.15) is 37.7 Å². The SMILES string of the molecule is COc1cc(CNCC2CCCCC2)cc(Br)c1OC. The van der Waals surface area contributed by atoms with Gasteiger partial charge in [0.1, 0.15) is 0 Å². The molecular weight excluding hydrogens is 318 g/mol. The van der Waals surface area contributed by atoms with E-state index in [1.165, 1.54) is 37.7 Å². The lowest BCUT2D eigenvalue weighted by atomic mass is 9.89. The molecule has 1 N–H and O–H groups in total. The minimum atomic E-state index is 0.753. The van der Waals surface area contributed by atoms with Crippen LogP contribution in [0.2, 0.25) is 0 Å². The Bertz CT molecular complexity index is 431. The summed E-state index contributed by atoms with van der Waals surface area (Å²) in [5.41, 5.74) is 1.21. The molecule has 112 valence electrons. The second kappa shape index (κ2) is 7.89. The monoisotopic (exact) mass is 341 g/mol. The number of nitrogens with one attached hydrogen (secondary N) is 1. The zero-order valence-electron chi connectivity index (χ0n) is 12.4. The van der Waals surface area contributed by atoms with E-state index >= 15 is 0 Å². The minimum Gasteiger partial charge on any atom is -0.493 e. The number of methoxy groups -OCH3 is 2. The average molecular weight is 342 g/mol. The van der Waals surface area contributed by atoms with Gasteiger partial charge in [-0.25, -0.2) is 0 Å². The van der Waals surface area contributed by atoms with Crippen LogP contribution < -0.4 is 14.8 Å². The van der Waals surface area contributed by atoms with Gasteiger partial charge in [0.15, 0.2) is 11.5 Å². The molecule has 0 atom stereocenters. The summed E-state index contributed by atoms with van der Waals surface area (Å²) in [6.07, 6.45) is 6.97. The third-order valence-corrected chi connectivity index (χ3v) is 4.57. The van der Waals surface area contributed by atoms with E-state index in [9.17, 15) is 0 Å². The number of rotatable bonds is 6. The summed E-state index contributed by atoms with van der Waals surface area (Å²) in [6, 6.07) is 4.13. The van der Waals surface area contributed by atoms with Gasteiger partial charge in [0.05, 0.1) is 18.7 Å². The topological polar surface area (TPSA) is 30.5 Å². The van der Waals surface area contributed by atoms with Crippen molar-refractivity contribution in [1.82, 2.24) is 5.32 Å². The highest BCUT2D eigenvalue weighted by molar-refractivity contribution is 9.10. The molecule has 2 rings (SSSR count). The zero-order chi connectivity index (χ0) is 14.4. The lowest BCUT2D eigenvalue weighted by molar-refractivity contribution is 0.341. The number of benzene rings is 1. The standard InChI is InChI=1S/C16H24BrNO2/c1-19-15-9-13(8-14(17)16(15)20-2)11-18-10-12-6-4-3-5-7-12/h8-9,12,18H,3-7,10-11H2,1-2H3. The molecule has 0 heterocycles. The lowest BCUT2D eigenvalue weighted by Gasteiger charge is -2.22. The summed E-state index contributed by atoms with van der Waals surface area (Å²) < 4.78 is 11.6. The van der Waals surface area contributed by atoms with Crippen molar-refractivity contribution in [2.75, 3.05) is 20.8 Å². The first-order valence-electron chi connectivity index (χ1n) is 7.35. The molecule has 0 bridgehead atoms. The number of hydrogen-bond acceptors (Lipinski definition) is 3. The molecule has 0 spiro atoms. The van der Waals surface area contributed by atoms with Crippen molar-refractivity contribution in [2.24, 2.45) is 5.92 Å². The summed E-state index contributed by atoms with van der Waals surface area (Å²) in [6.45, 7) is 1.99. The highest BCUT2D eigenvalue weighted by Crippen LogP contribution is 2.36. The molecule has 4 heteroatoms. The van der Waals surface area contributed by atoms with Crippen molar-refractivity contribution in [2.45, 2.75) is 38.6 Å². The number of hydrogen-bond donors (Lipinski definition) is 1. The summed E-state index contributed by atoms with van der Waals surface area (Å²) >= 11 is 3.53. The molecule has 0 aliphatic heterocycles. The van der Waals surface area contributed by atoms with Gasteiger partial charge in [0, 0.05) is 6.54 Å². The summed E-state index contributed by atoms with van der Waals surface area (Å²) in [4.78, 5) is 0. The summed E-state index contributed by atoms with van der Waals surface area (Å²) in [5, 5.41) is 3.57. The first-order chi connectivity index (χ1) is 9.74. The molecule has 1 aliphatic rings. The van der Waals surface area contributed by atoms with E-state index in [0.29, 0.717) is 0 Å². The fourth-order valence-electron chi connectivity index (χ4n) is 2.89. The van der Waals surface area contributed by atoms with Crippen LogP contribution in [0, 0.1) is 5.92 Å². The smallest absolute Gasteiger partial charge is 0.174 e. The molecule has 0 aromatic heterocycles. The Morgan fingerprint density at radius 3 is 2.55 bits per heavy atom. The Balaban J connectivity index is 1.90. The second-order valence-electron chi connectivity index (χ2n) is 5.45. The Hall–Kier alpha value is -0.740. The lowest BCUT2D eigenvalue weighted by Crippen LogP contribution is -2.24. The Morgan fingerprint density at radius 2 is 1.90 bits per heavy atom. The van der Waals surface area contributed by atoms with E-state index in [1.54, 1.807) is 14.2 Å². The predicted molar refractivity (Wildman–Crippen MR) is 85.5 cm³/mol. The van der Waals surface area contributed by atoms with Crippen LogP contribution in [0.25, 0.3) is 0 Å². The van der Waals surface area contributed by atoms with E-state index in [-0.39, 0.29) is 0 Å². The van der Waals surface area contributed by atoms with Gasteiger partial charge in [-0.05, 0) is 58.9 Å². The normalized spacial score (nSPS) is 16.1. The average Bonchev–Trinajstić information content (AvgIpc) is 2.47. The maximum absolute atomic E-state index is 5.37. The van der Waals surface area contributed by atoms with Gasteiger partial charge in [-0.1, -0.05) is 19.3 Å². The van der Waals surface area contributed by atoms with Gasteiger partial charge in [-0.2, -0.15) is 0 Å². The molecule has 20 heavy (non-hydrogen) atoms. The third-order valence-electron chi connectivity index (χ3n) is 3.98. The van der Waals surface area contributed by atoms with Crippen molar-refractivity contribution in [3.8, 4) is 11.5 Å². The molecule has 0 amide bonds. The minimum absolute atomic E-state index is 0.753. The zero-order valence-corrected chi connectivity index (χ0v) is 14.0. The number of halogens is 1. The van der Waals surface area contributed by atoms with Gasteiger partial charge in [0.2, 0.25) is 0 Å². The maximum atomic E-state index is 5.37. The van der Waals surface area contributed by atoms with Gasteiger partial charge in [-0.15, -0.1) is 0 Å². The van der Waals surface area contributed by atoms with Gasteiger partial charge >= 0.3 is 0 Å². The molecule has 0 unspecified atom stereocenters. The number of ether oxygens (including phenoxy) is 2. The first-order valence-corrected chi connectivity index (χ1v) is 8.15. The second-order valence-corrected chi connectivity index (χ2v) is 6.30. The molecule has 0 radical (unpaired) electrons. The fourth-order valence-corrected chi connectivity index (χ4v) is 3.54. The molecule has 3 nitrogen and oxygen atoms in total. The largest absolute Gasteiger partial charge is 0.493 e. The maximum Gasteiger partial charge on any atom is 0.174 e. The van der Waals surface area contributed by atoms with E-state index in [4.69, 9.17) is 9.47 Å². The molecular formula is C16H24BrNO2. The van der Waals surface area contributed by atoms with Crippen LogP contribution in [0.5, 0.6) is 11.5 Å². The molecule has 0 saturated heterocycles. The predicted octanol–water partition coefficient (Wildman–Crippen LogP) is 4.14. The van der Waals surface area contributed by atoms with Crippen molar-refractivity contribution in [1.29, 1.82) is 0 Å². The Kier molecular flexibility index (Phi) is 6.17. The van der Waals surface area contributed by atoms with Crippen molar-refractivity contribution in [3.05, 3.63) is 22.2 Å². The molecule has 1 aromatic carbocycles. The van der Waals surface area contributed by atoms with Gasteiger partial charge in [-0.3, -0.25) is 0 Å². The van der Waals surface area contributed by atoms with Crippen LogP contribution in [-0.2, 0) is 6.54 Å². The highest BCUT2D eigenvalue weighted by Gasteiger charge is 2.13. The van der Waals surface area contributed by atoms with Gasteiger partial charge in [0.25, 0.3) is 0 Å². The fraction of sp³-hybridized carbons (Fsp3) is 0.625. The van der Waals surface area contributed by atoms with E-state index in [0.717, 1.165) is 35.0 Å². The molecule has 1 aliphatic carbocycles. The quantitative estimate of drug-likeness (QED) is 0.843. The van der Waals surface area contributed by atoms with Crippen molar-refractivity contribution >= 4 is 15.9 Å². The van der Waals surface area contributed by atoms with Crippen molar-refractivity contribution in [3.63, 3.8) is 0 Å². The van der Waals surface area contributed by atoms with Crippen LogP contribution >= 0.6 is 15.9 Å². The Labute approximate surface area is 130 Å². The molecule has 1 aromatic rings. The van der Waals surface area contributed by atoms with E-state index in [1.807, 2.05) is 6.07 Å².